The summed E-state index contributed by atoms with van der Waals surface area (Å²) in [6, 6.07) is 29.2. The van der Waals surface area contributed by atoms with Crippen molar-refractivity contribution in [3.05, 3.63) is 119 Å². The number of carbonyl (C=O) groups is 2. The first-order valence-corrected chi connectivity index (χ1v) is 14.4. The molecular formula is C36H34N2O5. The van der Waals surface area contributed by atoms with Gasteiger partial charge in [-0.1, -0.05) is 72.7 Å². The molecule has 7 nitrogen and oxygen atoms in total. The molecule has 0 bridgehead atoms. The molecule has 0 aliphatic carbocycles. The molecule has 0 amide bonds. The van der Waals surface area contributed by atoms with Crippen molar-refractivity contribution < 1.29 is 23.9 Å². The fourth-order valence-corrected chi connectivity index (χ4v) is 5.77. The fraction of sp³-hybridized carbons (Fsp3) is 0.250. The first kappa shape index (κ1) is 28.5. The number of hydrogen-bond acceptors (Lipinski definition) is 6. The highest BCUT2D eigenvalue weighted by Gasteiger charge is 2.36. The van der Waals surface area contributed by atoms with Gasteiger partial charge in [-0.15, -0.1) is 0 Å². The Morgan fingerprint density at radius 3 is 2.07 bits per heavy atom. The van der Waals surface area contributed by atoms with Crippen molar-refractivity contribution in [1.29, 1.82) is 0 Å². The van der Waals surface area contributed by atoms with E-state index in [0.717, 1.165) is 38.5 Å². The van der Waals surface area contributed by atoms with E-state index in [1.165, 1.54) is 6.92 Å². The van der Waals surface area contributed by atoms with Gasteiger partial charge in [-0.25, -0.2) is 4.79 Å². The summed E-state index contributed by atoms with van der Waals surface area (Å²) in [5.74, 6) is -0.974. The molecule has 1 aliphatic heterocycles. The topological polar surface area (TPSA) is 79.1 Å². The van der Waals surface area contributed by atoms with Gasteiger partial charge in [0.25, 0.3) is 0 Å². The van der Waals surface area contributed by atoms with E-state index in [1.54, 1.807) is 0 Å². The van der Waals surface area contributed by atoms with Gasteiger partial charge in [-0.3, -0.25) is 4.79 Å². The van der Waals surface area contributed by atoms with Crippen LogP contribution >= 0.6 is 0 Å². The second kappa shape index (κ2) is 11.2. The zero-order chi connectivity index (χ0) is 30.3. The molecule has 2 heterocycles. The molecule has 1 aromatic heterocycles. The first-order valence-electron chi connectivity index (χ1n) is 14.4. The smallest absolute Gasteiger partial charge is 0.332 e. The molecule has 7 heteroatoms. The Labute approximate surface area is 250 Å². The summed E-state index contributed by atoms with van der Waals surface area (Å²) in [4.78, 5) is 30.3. The van der Waals surface area contributed by atoms with Crippen LogP contribution < -0.4 is 0 Å². The van der Waals surface area contributed by atoms with Gasteiger partial charge in [0.2, 0.25) is 0 Å². The normalized spacial score (nSPS) is 17.3. The second-order valence-electron chi connectivity index (χ2n) is 11.5. The Morgan fingerprint density at radius 1 is 0.860 bits per heavy atom. The van der Waals surface area contributed by atoms with Crippen molar-refractivity contribution in [2.45, 2.75) is 45.5 Å². The highest BCUT2D eigenvalue weighted by molar-refractivity contribution is 6.18. The van der Waals surface area contributed by atoms with Crippen LogP contribution in [0.25, 0.3) is 21.8 Å². The second-order valence-corrected chi connectivity index (χ2v) is 11.5. The summed E-state index contributed by atoms with van der Waals surface area (Å²) in [6.07, 6.45) is -0.0308. The van der Waals surface area contributed by atoms with Crippen molar-refractivity contribution in [3.8, 4) is 0 Å². The van der Waals surface area contributed by atoms with Gasteiger partial charge in [0, 0.05) is 63.9 Å². The van der Waals surface area contributed by atoms with Gasteiger partial charge < -0.3 is 18.9 Å². The summed E-state index contributed by atoms with van der Waals surface area (Å²) >= 11 is 0. The summed E-state index contributed by atoms with van der Waals surface area (Å²) in [7, 11) is 2.01. The number of aromatic nitrogens is 1. The predicted octanol–water partition coefficient (Wildman–Crippen LogP) is 7.13. The van der Waals surface area contributed by atoms with Gasteiger partial charge in [0.15, 0.2) is 11.6 Å². The number of nitrogens with zero attached hydrogens (tertiary/aromatic N) is 2. The van der Waals surface area contributed by atoms with Gasteiger partial charge in [-0.05, 0) is 49.7 Å². The lowest BCUT2D eigenvalue weighted by atomic mass is 9.93. The number of rotatable bonds is 7. The van der Waals surface area contributed by atoms with E-state index >= 15 is 0 Å². The number of benzene rings is 4. The number of carbonyl (C=O) groups excluding carboxylic acids is 2. The van der Waals surface area contributed by atoms with Crippen molar-refractivity contribution in [1.82, 2.24) is 4.57 Å². The first-order chi connectivity index (χ1) is 20.6. The summed E-state index contributed by atoms with van der Waals surface area (Å²) in [5, 5.41) is 6.11. The fourth-order valence-electron chi connectivity index (χ4n) is 5.77. The highest BCUT2D eigenvalue weighted by Crippen LogP contribution is 2.33. The third kappa shape index (κ3) is 5.61. The maximum Gasteiger partial charge on any atom is 0.332 e. The molecule has 1 fully saturated rings. The van der Waals surface area contributed by atoms with E-state index in [4.69, 9.17) is 14.3 Å². The van der Waals surface area contributed by atoms with Crippen LogP contribution in [0.5, 0.6) is 0 Å². The van der Waals surface area contributed by atoms with Crippen LogP contribution in [0.4, 0.5) is 0 Å². The third-order valence-electron chi connectivity index (χ3n) is 8.14. The number of ketones is 1. The zero-order valence-electron chi connectivity index (χ0n) is 25.0. The molecule has 5 aromatic rings. The quantitative estimate of drug-likeness (QED) is 0.0894. The Hall–Kier alpha value is -4.59. The highest BCUT2D eigenvalue weighted by atomic mass is 16.7. The zero-order valence-corrected chi connectivity index (χ0v) is 25.0. The van der Waals surface area contributed by atoms with Crippen LogP contribution in [0.15, 0.2) is 96.2 Å². The molecular weight excluding hydrogens is 540 g/mol. The number of oxime groups is 1. The Balaban J connectivity index is 1.34. The number of hydrogen-bond donors (Lipinski definition) is 0. The average Bonchev–Trinajstić information content (AvgIpc) is 3.52. The average molecular weight is 575 g/mol. The van der Waals surface area contributed by atoms with E-state index in [-0.39, 0.29) is 17.8 Å². The maximum absolute atomic E-state index is 13.6. The van der Waals surface area contributed by atoms with E-state index in [9.17, 15) is 9.59 Å². The Morgan fingerprint density at radius 2 is 1.47 bits per heavy atom. The summed E-state index contributed by atoms with van der Waals surface area (Å²) < 4.78 is 13.9. The molecule has 2 unspecified atom stereocenters. The van der Waals surface area contributed by atoms with Gasteiger partial charge >= 0.3 is 5.97 Å². The molecule has 2 atom stereocenters. The predicted molar refractivity (Wildman–Crippen MR) is 167 cm³/mol. The minimum Gasteiger partial charge on any atom is -0.348 e. The molecule has 218 valence electrons. The van der Waals surface area contributed by atoms with E-state index in [1.807, 2.05) is 112 Å². The maximum atomic E-state index is 13.6. The lowest BCUT2D eigenvalue weighted by Crippen LogP contribution is -2.24. The molecule has 1 saturated heterocycles. The van der Waals surface area contributed by atoms with E-state index in [2.05, 4.69) is 16.6 Å². The van der Waals surface area contributed by atoms with Crippen LogP contribution in [0.2, 0.25) is 0 Å². The van der Waals surface area contributed by atoms with Crippen LogP contribution in [0.3, 0.4) is 0 Å². The van der Waals surface area contributed by atoms with E-state index in [0.29, 0.717) is 23.4 Å². The lowest BCUT2D eigenvalue weighted by molar-refractivity contribution is -0.141. The van der Waals surface area contributed by atoms with Crippen molar-refractivity contribution in [2.75, 3.05) is 6.61 Å². The van der Waals surface area contributed by atoms with Crippen LogP contribution in [0, 0.1) is 0 Å². The molecule has 0 saturated carbocycles. The molecule has 4 aromatic carbocycles. The summed E-state index contributed by atoms with van der Waals surface area (Å²) in [6.45, 7) is 7.84. The molecule has 1 aliphatic rings. The number of aryl methyl sites for hydroxylation is 1. The lowest BCUT2D eigenvalue weighted by Gasteiger charge is -2.21. The molecule has 43 heavy (non-hydrogen) atoms. The van der Waals surface area contributed by atoms with Crippen LogP contribution in [-0.4, -0.2) is 40.5 Å². The van der Waals surface area contributed by atoms with Gasteiger partial charge in [0.1, 0.15) is 5.71 Å². The minimum absolute atomic E-state index is 0.0308. The van der Waals surface area contributed by atoms with Crippen molar-refractivity contribution in [3.63, 3.8) is 0 Å². The SMILES string of the molecule is CC(=O)O/N=C(\c1ccccc1)c1ccc2c(c1)c1cc(C(=O)c3ccc(C(C)C4COC(C)(C)O4)cc3)ccc1n2C. The third-order valence-corrected chi connectivity index (χ3v) is 8.14. The van der Waals surface area contributed by atoms with Crippen molar-refractivity contribution in [2.24, 2.45) is 12.2 Å². The minimum atomic E-state index is -0.575. The van der Waals surface area contributed by atoms with E-state index < -0.39 is 11.8 Å². The molecule has 6 rings (SSSR count). The Kier molecular flexibility index (Phi) is 7.46. The van der Waals surface area contributed by atoms with Crippen molar-refractivity contribution >= 4 is 39.3 Å². The standard InChI is InChI=1S/C36H34N2O5/c1-22(33-21-41-36(3,4)42-33)24-11-13-26(14-12-24)35(40)28-16-18-32-30(20-28)29-19-27(15-17-31(29)38(32)5)34(37-43-23(2)39)25-9-7-6-8-10-25/h6-20,22,33H,21H2,1-5H3/b37-34+. The monoisotopic (exact) mass is 574 g/mol. The van der Waals surface area contributed by atoms with Gasteiger partial charge in [-0.2, -0.15) is 0 Å². The number of fused-ring (bicyclic) bond motifs is 3. The van der Waals surface area contributed by atoms with Crippen LogP contribution in [-0.2, 0) is 26.2 Å². The van der Waals surface area contributed by atoms with Gasteiger partial charge in [0.05, 0.1) is 12.7 Å². The summed E-state index contributed by atoms with van der Waals surface area (Å²) in [5.41, 5.74) is 6.54. The molecule has 0 spiro atoms. The van der Waals surface area contributed by atoms with Crippen LogP contribution in [0.1, 0.15) is 66.2 Å². The largest absolute Gasteiger partial charge is 0.348 e. The molecule has 0 radical (unpaired) electrons. The number of ether oxygens (including phenoxy) is 2. The Bertz CT molecular complexity index is 1870. The molecule has 0 N–H and O–H groups in total.